The second-order valence-electron chi connectivity index (χ2n) is 7.13. The summed E-state index contributed by atoms with van der Waals surface area (Å²) < 4.78 is 13.8. The van der Waals surface area contributed by atoms with E-state index >= 15 is 0 Å². The number of aromatic nitrogens is 1. The van der Waals surface area contributed by atoms with Gasteiger partial charge in [-0.2, -0.15) is 0 Å². The summed E-state index contributed by atoms with van der Waals surface area (Å²) in [6.45, 7) is 3.75. The van der Waals surface area contributed by atoms with E-state index in [1.165, 1.54) is 11.3 Å². The maximum atomic E-state index is 13.5. The second kappa shape index (κ2) is 9.26. The number of carbonyl (C=O) groups excluding carboxylic acids is 1. The normalized spacial score (nSPS) is 15.9. The maximum Gasteiger partial charge on any atom is 0.338 e. The quantitative estimate of drug-likeness (QED) is 0.490. The van der Waals surface area contributed by atoms with Gasteiger partial charge in [0, 0.05) is 4.47 Å². The van der Waals surface area contributed by atoms with Crippen LogP contribution in [-0.4, -0.2) is 24.3 Å². The summed E-state index contributed by atoms with van der Waals surface area (Å²) in [6.07, 6.45) is 1.84. The summed E-state index contributed by atoms with van der Waals surface area (Å²) in [5.41, 5.74) is 2.32. The minimum atomic E-state index is -0.660. The average Bonchev–Trinajstić information content (AvgIpc) is 3.09. The lowest BCUT2D eigenvalue weighted by molar-refractivity contribution is -0.139. The molecule has 8 heteroatoms. The van der Waals surface area contributed by atoms with E-state index in [-0.39, 0.29) is 12.2 Å². The lowest BCUT2D eigenvalue weighted by Gasteiger charge is -2.25. The third-order valence-corrected chi connectivity index (χ3v) is 6.61. The minimum Gasteiger partial charge on any atom is -0.497 e. The van der Waals surface area contributed by atoms with Crippen LogP contribution in [-0.2, 0) is 9.53 Å². The average molecular weight is 513 g/mol. The van der Waals surface area contributed by atoms with Crippen LogP contribution in [0, 0.1) is 0 Å². The monoisotopic (exact) mass is 512 g/mol. The molecule has 2 aromatic carbocycles. The molecule has 164 valence electrons. The zero-order chi connectivity index (χ0) is 22.8. The summed E-state index contributed by atoms with van der Waals surface area (Å²) in [5.74, 6) is 0.154. The van der Waals surface area contributed by atoms with Crippen LogP contribution in [0.15, 0.2) is 74.1 Å². The van der Waals surface area contributed by atoms with Gasteiger partial charge in [0.05, 0.1) is 35.6 Å². The van der Waals surface area contributed by atoms with Crippen LogP contribution in [0.4, 0.5) is 0 Å². The van der Waals surface area contributed by atoms with Crippen molar-refractivity contribution in [3.63, 3.8) is 0 Å². The summed E-state index contributed by atoms with van der Waals surface area (Å²) >= 11 is 4.72. The number of rotatable bonds is 5. The summed E-state index contributed by atoms with van der Waals surface area (Å²) in [4.78, 5) is 31.6. The first-order chi connectivity index (χ1) is 15.4. The van der Waals surface area contributed by atoms with Gasteiger partial charge in [-0.3, -0.25) is 9.36 Å². The number of nitrogens with zero attached hydrogens (tertiary/aromatic N) is 2. The Balaban J connectivity index is 1.96. The van der Waals surface area contributed by atoms with E-state index in [1.54, 1.807) is 25.5 Å². The fraction of sp³-hybridized carbons (Fsp3) is 0.208. The Kier molecular flexibility index (Phi) is 6.43. The topological polar surface area (TPSA) is 69.9 Å². The number of halogens is 1. The van der Waals surface area contributed by atoms with Gasteiger partial charge in [0.2, 0.25) is 0 Å². The fourth-order valence-corrected chi connectivity index (χ4v) is 4.94. The molecule has 6 nitrogen and oxygen atoms in total. The molecule has 0 aliphatic carbocycles. The highest BCUT2D eigenvalue weighted by Gasteiger charge is 2.33. The van der Waals surface area contributed by atoms with E-state index in [2.05, 4.69) is 20.9 Å². The standard InChI is InChI=1S/C24H21BrN2O4S/c1-4-31-23(29)20-14(2)26-24-27(21(20)16-6-5-7-18(13-16)30-3)22(28)19(32-24)12-15-8-10-17(25)11-9-15/h5-13,21H,4H2,1-3H3/b19-12-. The van der Waals surface area contributed by atoms with E-state index in [1.807, 2.05) is 54.6 Å². The van der Waals surface area contributed by atoms with E-state index in [9.17, 15) is 9.59 Å². The van der Waals surface area contributed by atoms with Crippen LogP contribution < -0.4 is 19.6 Å². The second-order valence-corrected chi connectivity index (χ2v) is 9.06. The lowest BCUT2D eigenvalue weighted by atomic mass is 9.95. The third-order valence-electron chi connectivity index (χ3n) is 5.09. The molecule has 3 aromatic rings. The van der Waals surface area contributed by atoms with Crippen molar-refractivity contribution in [3.05, 3.63) is 95.1 Å². The van der Waals surface area contributed by atoms with Crippen LogP contribution in [0.5, 0.6) is 5.75 Å². The molecule has 4 rings (SSSR count). The molecular weight excluding hydrogens is 492 g/mol. The van der Waals surface area contributed by atoms with Crippen molar-refractivity contribution in [2.24, 2.45) is 4.99 Å². The molecule has 0 N–H and O–H groups in total. The van der Waals surface area contributed by atoms with E-state index in [0.717, 1.165) is 15.6 Å². The smallest absolute Gasteiger partial charge is 0.338 e. The van der Waals surface area contributed by atoms with Gasteiger partial charge in [0.25, 0.3) is 5.56 Å². The first-order valence-corrected chi connectivity index (χ1v) is 11.6. The van der Waals surface area contributed by atoms with Gasteiger partial charge in [0.1, 0.15) is 5.75 Å². The van der Waals surface area contributed by atoms with Crippen molar-refractivity contribution >= 4 is 39.3 Å². The molecule has 0 amide bonds. The number of methoxy groups -OCH3 is 1. The van der Waals surface area contributed by atoms with Gasteiger partial charge in [-0.1, -0.05) is 51.5 Å². The number of benzene rings is 2. The largest absolute Gasteiger partial charge is 0.497 e. The van der Waals surface area contributed by atoms with Gasteiger partial charge >= 0.3 is 5.97 Å². The van der Waals surface area contributed by atoms with E-state index in [4.69, 9.17) is 9.47 Å². The Labute approximate surface area is 197 Å². The zero-order valence-electron chi connectivity index (χ0n) is 17.8. The molecule has 0 fully saturated rings. The number of esters is 1. The number of thiazole rings is 1. The Hall–Kier alpha value is -2.97. The van der Waals surface area contributed by atoms with Gasteiger partial charge in [-0.25, -0.2) is 9.79 Å². The van der Waals surface area contributed by atoms with Gasteiger partial charge in [-0.05, 0) is 55.3 Å². The molecule has 0 saturated carbocycles. The first-order valence-electron chi connectivity index (χ1n) is 10.0. The highest BCUT2D eigenvalue weighted by Crippen LogP contribution is 2.32. The summed E-state index contributed by atoms with van der Waals surface area (Å²) in [7, 11) is 1.58. The molecule has 1 aliphatic heterocycles. The van der Waals surface area contributed by atoms with Crippen molar-refractivity contribution in [2.45, 2.75) is 19.9 Å². The minimum absolute atomic E-state index is 0.209. The highest BCUT2D eigenvalue weighted by atomic mass is 79.9. The third kappa shape index (κ3) is 4.20. The number of hydrogen-bond acceptors (Lipinski definition) is 6. The predicted octanol–water partition coefficient (Wildman–Crippen LogP) is 3.57. The number of fused-ring (bicyclic) bond motifs is 1. The maximum absolute atomic E-state index is 13.5. The van der Waals surface area contributed by atoms with Crippen LogP contribution in [0.3, 0.4) is 0 Å². The van der Waals surface area contributed by atoms with Gasteiger partial charge in [0.15, 0.2) is 4.80 Å². The van der Waals surface area contributed by atoms with Crippen LogP contribution in [0.2, 0.25) is 0 Å². The van der Waals surface area contributed by atoms with Crippen molar-refractivity contribution in [2.75, 3.05) is 13.7 Å². The molecule has 2 heterocycles. The van der Waals surface area contributed by atoms with Crippen LogP contribution in [0.25, 0.3) is 6.08 Å². The highest BCUT2D eigenvalue weighted by molar-refractivity contribution is 9.10. The molecule has 1 aromatic heterocycles. The predicted molar refractivity (Wildman–Crippen MR) is 128 cm³/mol. The first kappa shape index (κ1) is 22.2. The lowest BCUT2D eigenvalue weighted by Crippen LogP contribution is -2.39. The summed E-state index contributed by atoms with van der Waals surface area (Å²) in [5, 5.41) is 0. The summed E-state index contributed by atoms with van der Waals surface area (Å²) in [6, 6.07) is 14.4. The Bertz CT molecular complexity index is 1390. The molecule has 0 spiro atoms. The van der Waals surface area contributed by atoms with Crippen molar-refractivity contribution in [1.29, 1.82) is 0 Å². The number of allylic oxidation sites excluding steroid dienone is 1. The molecular formula is C24H21BrN2O4S. The molecule has 0 saturated heterocycles. The molecule has 1 atom stereocenters. The molecule has 0 radical (unpaired) electrons. The van der Waals surface area contributed by atoms with Gasteiger partial charge < -0.3 is 9.47 Å². The zero-order valence-corrected chi connectivity index (χ0v) is 20.2. The number of carbonyl (C=O) groups is 1. The van der Waals surface area contributed by atoms with Crippen molar-refractivity contribution in [1.82, 2.24) is 4.57 Å². The molecule has 1 aliphatic rings. The Morgan fingerprint density at radius 3 is 2.69 bits per heavy atom. The van der Waals surface area contributed by atoms with Crippen molar-refractivity contribution in [3.8, 4) is 5.75 Å². The number of ether oxygens (including phenoxy) is 2. The molecule has 1 unspecified atom stereocenters. The van der Waals surface area contributed by atoms with E-state index in [0.29, 0.717) is 26.4 Å². The fourth-order valence-electron chi connectivity index (χ4n) is 3.63. The molecule has 0 bridgehead atoms. The van der Waals surface area contributed by atoms with Crippen molar-refractivity contribution < 1.29 is 14.3 Å². The molecule has 32 heavy (non-hydrogen) atoms. The SMILES string of the molecule is CCOC(=O)C1=C(C)N=c2s/c(=C\c3ccc(Br)cc3)c(=O)n2C1c1cccc(OC)c1. The Morgan fingerprint density at radius 1 is 1.25 bits per heavy atom. The number of hydrogen-bond donors (Lipinski definition) is 0. The van der Waals surface area contributed by atoms with Crippen LogP contribution in [0.1, 0.15) is 31.0 Å². The van der Waals surface area contributed by atoms with Gasteiger partial charge in [-0.15, -0.1) is 0 Å². The van der Waals surface area contributed by atoms with E-state index < -0.39 is 12.0 Å². The van der Waals surface area contributed by atoms with Crippen LogP contribution >= 0.6 is 27.3 Å². The Morgan fingerprint density at radius 2 is 2.00 bits per heavy atom.